The van der Waals surface area contributed by atoms with Crippen LogP contribution in [0.3, 0.4) is 0 Å². The van der Waals surface area contributed by atoms with Crippen LogP contribution >= 0.6 is 0 Å². The third kappa shape index (κ3) is 2.76. The fraction of sp³-hybridized carbons (Fsp3) is 0.615. The van der Waals surface area contributed by atoms with Crippen molar-refractivity contribution in [2.24, 2.45) is 0 Å². The Morgan fingerprint density at radius 3 is 2.82 bits per heavy atom. The van der Waals surface area contributed by atoms with Crippen molar-refractivity contribution in [1.82, 2.24) is 4.98 Å². The topological polar surface area (TPSA) is 56.6 Å². The summed E-state index contributed by atoms with van der Waals surface area (Å²) in [7, 11) is 0. The van der Waals surface area contributed by atoms with Crippen molar-refractivity contribution < 1.29 is 10.2 Å². The predicted octanol–water partition coefficient (Wildman–Crippen LogP) is 1.49. The first-order valence-corrected chi connectivity index (χ1v) is 6.24. The molecule has 1 atom stereocenters. The first-order chi connectivity index (χ1) is 8.22. The lowest BCUT2D eigenvalue weighted by Crippen LogP contribution is -2.42. The molecule has 1 heterocycles. The fourth-order valence-corrected chi connectivity index (χ4v) is 2.14. The van der Waals surface area contributed by atoms with Crippen LogP contribution in [0.15, 0.2) is 18.3 Å². The zero-order valence-electron chi connectivity index (χ0n) is 10.2. The van der Waals surface area contributed by atoms with Gasteiger partial charge in [0.2, 0.25) is 0 Å². The summed E-state index contributed by atoms with van der Waals surface area (Å²) >= 11 is 0. The van der Waals surface area contributed by atoms with Crippen LogP contribution in [-0.2, 0) is 0 Å². The smallest absolute Gasteiger partial charge is 0.129 e. The molecule has 0 radical (unpaired) electrons. The standard InChI is InChI=1S/C13H20N2O2/c1-10(17)11-5-6-14-13(9-11)15(7-8-16)12-3-2-4-12/h5-6,9-10,12,16-17H,2-4,7-8H2,1H3/t10-/m0/s1. The maximum absolute atomic E-state index is 9.57. The highest BCUT2D eigenvalue weighted by Gasteiger charge is 2.25. The van der Waals surface area contributed by atoms with Gasteiger partial charge >= 0.3 is 0 Å². The van der Waals surface area contributed by atoms with E-state index < -0.39 is 6.10 Å². The van der Waals surface area contributed by atoms with Crippen LogP contribution < -0.4 is 4.90 Å². The first kappa shape index (κ1) is 12.3. The average Bonchev–Trinajstić information content (AvgIpc) is 2.26. The van der Waals surface area contributed by atoms with E-state index in [1.807, 2.05) is 12.1 Å². The molecule has 0 saturated heterocycles. The van der Waals surface area contributed by atoms with E-state index in [4.69, 9.17) is 5.11 Å². The first-order valence-electron chi connectivity index (χ1n) is 6.24. The van der Waals surface area contributed by atoms with Crippen molar-refractivity contribution in [3.05, 3.63) is 23.9 Å². The Morgan fingerprint density at radius 2 is 2.29 bits per heavy atom. The van der Waals surface area contributed by atoms with Crippen molar-refractivity contribution in [1.29, 1.82) is 0 Å². The summed E-state index contributed by atoms with van der Waals surface area (Å²) in [6.07, 6.45) is 4.83. The average molecular weight is 236 g/mol. The quantitative estimate of drug-likeness (QED) is 0.813. The van der Waals surface area contributed by atoms with E-state index in [0.29, 0.717) is 12.6 Å². The minimum absolute atomic E-state index is 0.136. The van der Waals surface area contributed by atoms with Crippen molar-refractivity contribution in [2.45, 2.75) is 38.3 Å². The molecule has 1 saturated carbocycles. The zero-order chi connectivity index (χ0) is 12.3. The van der Waals surface area contributed by atoms with E-state index >= 15 is 0 Å². The SMILES string of the molecule is C[C@H](O)c1ccnc(N(CCO)C2CCC2)c1. The van der Waals surface area contributed by atoms with Crippen molar-refractivity contribution >= 4 is 5.82 Å². The Bertz CT molecular complexity index is 364. The second-order valence-electron chi connectivity index (χ2n) is 4.63. The molecule has 1 aliphatic rings. The van der Waals surface area contributed by atoms with Crippen LogP contribution in [-0.4, -0.2) is 34.4 Å². The Morgan fingerprint density at radius 1 is 1.53 bits per heavy atom. The van der Waals surface area contributed by atoms with Gasteiger partial charge < -0.3 is 15.1 Å². The molecule has 4 heteroatoms. The molecule has 2 N–H and O–H groups in total. The van der Waals surface area contributed by atoms with Gasteiger partial charge in [-0.3, -0.25) is 0 Å². The predicted molar refractivity (Wildman–Crippen MR) is 66.9 cm³/mol. The molecule has 4 nitrogen and oxygen atoms in total. The highest BCUT2D eigenvalue weighted by Crippen LogP contribution is 2.29. The van der Waals surface area contributed by atoms with E-state index in [-0.39, 0.29) is 6.61 Å². The molecule has 17 heavy (non-hydrogen) atoms. The van der Waals surface area contributed by atoms with E-state index in [1.165, 1.54) is 19.3 Å². The summed E-state index contributed by atoms with van der Waals surface area (Å²) in [5.41, 5.74) is 0.872. The number of hydrogen-bond acceptors (Lipinski definition) is 4. The Hall–Kier alpha value is -1.13. The molecule has 0 unspecified atom stereocenters. The fourth-order valence-electron chi connectivity index (χ4n) is 2.14. The molecular weight excluding hydrogens is 216 g/mol. The number of anilines is 1. The maximum Gasteiger partial charge on any atom is 0.129 e. The van der Waals surface area contributed by atoms with Crippen molar-refractivity contribution in [2.75, 3.05) is 18.1 Å². The molecule has 0 spiro atoms. The third-order valence-electron chi connectivity index (χ3n) is 3.40. The molecule has 94 valence electrons. The van der Waals surface area contributed by atoms with E-state index in [9.17, 15) is 5.11 Å². The molecule has 0 aromatic carbocycles. The number of pyridine rings is 1. The van der Waals surface area contributed by atoms with Gasteiger partial charge in [0.15, 0.2) is 0 Å². The summed E-state index contributed by atoms with van der Waals surface area (Å²) < 4.78 is 0. The van der Waals surface area contributed by atoms with Crippen LogP contribution in [0.1, 0.15) is 37.9 Å². The number of aliphatic hydroxyl groups is 2. The van der Waals surface area contributed by atoms with Gasteiger partial charge in [0.05, 0.1) is 12.7 Å². The Labute approximate surface area is 102 Å². The number of rotatable bonds is 5. The molecule has 0 aliphatic heterocycles. The molecule has 1 fully saturated rings. The zero-order valence-corrected chi connectivity index (χ0v) is 10.2. The second kappa shape index (κ2) is 5.47. The number of hydrogen-bond donors (Lipinski definition) is 2. The third-order valence-corrected chi connectivity index (χ3v) is 3.40. The molecular formula is C13H20N2O2. The summed E-state index contributed by atoms with van der Waals surface area (Å²) in [6, 6.07) is 4.24. The van der Waals surface area contributed by atoms with Crippen molar-refractivity contribution in [3.63, 3.8) is 0 Å². The molecule has 2 rings (SSSR count). The molecule has 0 bridgehead atoms. The summed E-state index contributed by atoms with van der Waals surface area (Å²) in [5.74, 6) is 0.863. The Kier molecular flexibility index (Phi) is 3.97. The molecule has 1 aromatic heterocycles. The lowest BCUT2D eigenvalue weighted by molar-refractivity contribution is 0.199. The molecule has 1 aliphatic carbocycles. The van der Waals surface area contributed by atoms with Crippen LogP contribution in [0.4, 0.5) is 5.82 Å². The van der Waals surface area contributed by atoms with Gasteiger partial charge in [0.25, 0.3) is 0 Å². The lowest BCUT2D eigenvalue weighted by atomic mass is 9.91. The molecule has 0 amide bonds. The van der Waals surface area contributed by atoms with Crippen LogP contribution in [0.2, 0.25) is 0 Å². The van der Waals surface area contributed by atoms with Gasteiger partial charge in [-0.25, -0.2) is 4.98 Å². The van der Waals surface area contributed by atoms with E-state index in [2.05, 4.69) is 9.88 Å². The van der Waals surface area contributed by atoms with Gasteiger partial charge in [0.1, 0.15) is 5.82 Å². The maximum atomic E-state index is 9.57. The normalized spacial score (nSPS) is 17.6. The highest BCUT2D eigenvalue weighted by atomic mass is 16.3. The van der Waals surface area contributed by atoms with E-state index in [1.54, 1.807) is 13.1 Å². The van der Waals surface area contributed by atoms with Gasteiger partial charge in [-0.15, -0.1) is 0 Å². The van der Waals surface area contributed by atoms with Crippen molar-refractivity contribution in [3.8, 4) is 0 Å². The van der Waals surface area contributed by atoms with Gasteiger partial charge in [0, 0.05) is 18.8 Å². The van der Waals surface area contributed by atoms with Crippen LogP contribution in [0.25, 0.3) is 0 Å². The number of aromatic nitrogens is 1. The van der Waals surface area contributed by atoms with E-state index in [0.717, 1.165) is 11.4 Å². The lowest BCUT2D eigenvalue weighted by Gasteiger charge is -2.38. The summed E-state index contributed by atoms with van der Waals surface area (Å²) in [6.45, 7) is 2.50. The highest BCUT2D eigenvalue weighted by molar-refractivity contribution is 5.43. The minimum atomic E-state index is -0.478. The molecule has 1 aromatic rings. The largest absolute Gasteiger partial charge is 0.395 e. The van der Waals surface area contributed by atoms with Crippen LogP contribution in [0, 0.1) is 0 Å². The van der Waals surface area contributed by atoms with Gasteiger partial charge in [-0.2, -0.15) is 0 Å². The van der Waals surface area contributed by atoms with Gasteiger partial charge in [-0.05, 0) is 43.9 Å². The number of nitrogens with zero attached hydrogens (tertiary/aromatic N) is 2. The van der Waals surface area contributed by atoms with Crippen LogP contribution in [0.5, 0.6) is 0 Å². The minimum Gasteiger partial charge on any atom is -0.395 e. The number of aliphatic hydroxyl groups excluding tert-OH is 2. The second-order valence-corrected chi connectivity index (χ2v) is 4.63. The van der Waals surface area contributed by atoms with Gasteiger partial charge in [-0.1, -0.05) is 0 Å². The summed E-state index contributed by atoms with van der Waals surface area (Å²) in [5, 5.41) is 18.7. The summed E-state index contributed by atoms with van der Waals surface area (Å²) in [4.78, 5) is 6.50. The Balaban J connectivity index is 2.19. The monoisotopic (exact) mass is 236 g/mol.